The van der Waals surface area contributed by atoms with Gasteiger partial charge in [-0.3, -0.25) is 0 Å². The van der Waals surface area contributed by atoms with Gasteiger partial charge in [0.1, 0.15) is 5.69 Å². The average molecular weight is 367 g/mol. The van der Waals surface area contributed by atoms with E-state index in [0.29, 0.717) is 11.6 Å². The molecule has 136 valence electrons. The highest BCUT2D eigenvalue weighted by Crippen LogP contribution is 2.29. The molecule has 0 radical (unpaired) electrons. The molecule has 0 fully saturated rings. The van der Waals surface area contributed by atoms with Crippen molar-refractivity contribution in [2.75, 3.05) is 5.32 Å². The molecule has 1 heterocycles. The molecule has 1 aromatic heterocycles. The molecule has 0 aliphatic carbocycles. The standard InChI is InChI=1S/C21H16F3N3/c1-15(17-7-3-2-4-8-17)26-20-25-13-12-19(27-20)11-10-16-6-5-9-18(14-16)21(22,23)24/h2-9,12-15H,1H3,(H,25,26,27)/t15-/m1/s1. The van der Waals surface area contributed by atoms with Gasteiger partial charge in [-0.05, 0) is 42.7 Å². The van der Waals surface area contributed by atoms with E-state index in [0.717, 1.165) is 17.7 Å². The van der Waals surface area contributed by atoms with E-state index in [1.165, 1.54) is 12.1 Å². The highest BCUT2D eigenvalue weighted by molar-refractivity contribution is 5.43. The van der Waals surface area contributed by atoms with Gasteiger partial charge < -0.3 is 5.32 Å². The lowest BCUT2D eigenvalue weighted by Crippen LogP contribution is -2.09. The topological polar surface area (TPSA) is 37.8 Å². The monoisotopic (exact) mass is 367 g/mol. The molecule has 3 aromatic rings. The van der Waals surface area contributed by atoms with Crippen LogP contribution in [0.2, 0.25) is 0 Å². The van der Waals surface area contributed by atoms with E-state index in [4.69, 9.17) is 0 Å². The minimum absolute atomic E-state index is 0.00197. The van der Waals surface area contributed by atoms with E-state index in [2.05, 4.69) is 27.1 Å². The highest BCUT2D eigenvalue weighted by Gasteiger charge is 2.30. The Labute approximate surface area is 155 Å². The van der Waals surface area contributed by atoms with Gasteiger partial charge >= 0.3 is 6.18 Å². The summed E-state index contributed by atoms with van der Waals surface area (Å²) in [6, 6.07) is 16.3. The predicted octanol–water partition coefficient (Wildman–Crippen LogP) is 5.07. The maximum atomic E-state index is 12.8. The van der Waals surface area contributed by atoms with Crippen LogP contribution in [-0.2, 0) is 6.18 Å². The summed E-state index contributed by atoms with van der Waals surface area (Å²) >= 11 is 0. The van der Waals surface area contributed by atoms with Crippen molar-refractivity contribution in [2.24, 2.45) is 0 Å². The van der Waals surface area contributed by atoms with Crippen molar-refractivity contribution in [1.29, 1.82) is 0 Å². The van der Waals surface area contributed by atoms with Crippen LogP contribution in [0, 0.1) is 11.8 Å². The van der Waals surface area contributed by atoms with Gasteiger partial charge in [0.05, 0.1) is 11.6 Å². The third kappa shape index (κ3) is 5.08. The number of benzene rings is 2. The molecule has 6 heteroatoms. The van der Waals surface area contributed by atoms with Crippen molar-refractivity contribution in [2.45, 2.75) is 19.1 Å². The summed E-state index contributed by atoms with van der Waals surface area (Å²) in [5.41, 5.74) is 1.05. The quantitative estimate of drug-likeness (QED) is 0.657. The first-order valence-corrected chi connectivity index (χ1v) is 8.25. The van der Waals surface area contributed by atoms with Crippen molar-refractivity contribution in [3.05, 3.63) is 89.2 Å². The number of aromatic nitrogens is 2. The van der Waals surface area contributed by atoms with Gasteiger partial charge in [0.15, 0.2) is 0 Å². The maximum Gasteiger partial charge on any atom is 0.416 e. The van der Waals surface area contributed by atoms with E-state index < -0.39 is 11.7 Å². The minimum atomic E-state index is -4.39. The van der Waals surface area contributed by atoms with Crippen molar-refractivity contribution >= 4 is 5.95 Å². The van der Waals surface area contributed by atoms with Crippen LogP contribution in [0.25, 0.3) is 0 Å². The normalized spacial score (nSPS) is 12.0. The first-order valence-electron chi connectivity index (χ1n) is 8.25. The number of halogens is 3. The van der Waals surface area contributed by atoms with Gasteiger partial charge in [-0.15, -0.1) is 0 Å². The second-order valence-electron chi connectivity index (χ2n) is 5.87. The van der Waals surface area contributed by atoms with E-state index in [-0.39, 0.29) is 11.6 Å². The van der Waals surface area contributed by atoms with E-state index in [1.54, 1.807) is 12.3 Å². The van der Waals surface area contributed by atoms with Crippen molar-refractivity contribution in [3.8, 4) is 11.8 Å². The molecular formula is C21H16F3N3. The minimum Gasteiger partial charge on any atom is -0.348 e. The number of anilines is 1. The number of alkyl halides is 3. The van der Waals surface area contributed by atoms with Crippen LogP contribution in [0.4, 0.5) is 19.1 Å². The molecule has 0 bridgehead atoms. The van der Waals surface area contributed by atoms with E-state index in [1.807, 2.05) is 37.3 Å². The molecule has 0 aliphatic rings. The fraction of sp³-hybridized carbons (Fsp3) is 0.143. The lowest BCUT2D eigenvalue weighted by Gasteiger charge is -2.13. The SMILES string of the molecule is C[C@@H](Nc1nccc(C#Cc2cccc(C(F)(F)F)c2)n1)c1ccccc1. The Kier molecular flexibility index (Phi) is 5.41. The van der Waals surface area contributed by atoms with Gasteiger partial charge in [-0.2, -0.15) is 13.2 Å². The first-order chi connectivity index (χ1) is 12.9. The van der Waals surface area contributed by atoms with Crippen LogP contribution in [0.5, 0.6) is 0 Å². The summed E-state index contributed by atoms with van der Waals surface area (Å²) in [5.74, 6) is 5.91. The van der Waals surface area contributed by atoms with Crippen LogP contribution in [-0.4, -0.2) is 9.97 Å². The number of nitrogens with zero attached hydrogens (tertiary/aromatic N) is 2. The zero-order valence-electron chi connectivity index (χ0n) is 14.5. The second kappa shape index (κ2) is 7.92. The third-order valence-corrected chi connectivity index (χ3v) is 3.83. The Morgan fingerprint density at radius 2 is 1.74 bits per heavy atom. The molecule has 0 amide bonds. The molecule has 2 aromatic carbocycles. The van der Waals surface area contributed by atoms with Crippen molar-refractivity contribution in [1.82, 2.24) is 9.97 Å². The van der Waals surface area contributed by atoms with Gasteiger partial charge in [0, 0.05) is 11.8 Å². The molecule has 0 unspecified atom stereocenters. The van der Waals surface area contributed by atoms with Gasteiger partial charge in [-0.1, -0.05) is 42.3 Å². The van der Waals surface area contributed by atoms with Gasteiger partial charge in [0.25, 0.3) is 0 Å². The van der Waals surface area contributed by atoms with Crippen LogP contribution in [0.15, 0.2) is 66.9 Å². The van der Waals surface area contributed by atoms with Gasteiger partial charge in [-0.25, -0.2) is 9.97 Å². The van der Waals surface area contributed by atoms with Crippen molar-refractivity contribution < 1.29 is 13.2 Å². The molecule has 0 saturated carbocycles. The summed E-state index contributed by atoms with van der Waals surface area (Å²) in [6.45, 7) is 1.99. The van der Waals surface area contributed by atoms with Crippen LogP contribution in [0.1, 0.15) is 35.3 Å². The van der Waals surface area contributed by atoms with E-state index in [9.17, 15) is 13.2 Å². The second-order valence-corrected chi connectivity index (χ2v) is 5.87. The lowest BCUT2D eigenvalue weighted by molar-refractivity contribution is -0.137. The van der Waals surface area contributed by atoms with Crippen LogP contribution in [0.3, 0.4) is 0 Å². The third-order valence-electron chi connectivity index (χ3n) is 3.83. The predicted molar refractivity (Wildman–Crippen MR) is 97.9 cm³/mol. The first kappa shape index (κ1) is 18.5. The van der Waals surface area contributed by atoms with Crippen LogP contribution < -0.4 is 5.32 Å². The molecule has 3 nitrogen and oxygen atoms in total. The van der Waals surface area contributed by atoms with E-state index >= 15 is 0 Å². The fourth-order valence-electron chi connectivity index (χ4n) is 2.43. The molecule has 0 aliphatic heterocycles. The lowest BCUT2D eigenvalue weighted by atomic mass is 10.1. The Morgan fingerprint density at radius 1 is 0.963 bits per heavy atom. The Morgan fingerprint density at radius 3 is 2.48 bits per heavy atom. The Balaban J connectivity index is 1.77. The molecule has 27 heavy (non-hydrogen) atoms. The molecular weight excluding hydrogens is 351 g/mol. The average Bonchev–Trinajstić information content (AvgIpc) is 2.67. The molecule has 1 N–H and O–H groups in total. The largest absolute Gasteiger partial charge is 0.416 e. The number of hydrogen-bond acceptors (Lipinski definition) is 3. The molecule has 0 spiro atoms. The highest BCUT2D eigenvalue weighted by atomic mass is 19.4. The summed E-state index contributed by atoms with van der Waals surface area (Å²) in [6.07, 6.45) is -2.83. The number of rotatable bonds is 3. The zero-order chi connectivity index (χ0) is 19.3. The van der Waals surface area contributed by atoms with Gasteiger partial charge in [0.2, 0.25) is 5.95 Å². The molecule has 0 saturated heterocycles. The zero-order valence-corrected chi connectivity index (χ0v) is 14.5. The fourth-order valence-corrected chi connectivity index (χ4v) is 2.43. The Bertz CT molecular complexity index is 973. The summed E-state index contributed by atoms with van der Waals surface area (Å²) in [4.78, 5) is 8.47. The maximum absolute atomic E-state index is 12.8. The summed E-state index contributed by atoms with van der Waals surface area (Å²) < 4.78 is 38.3. The van der Waals surface area contributed by atoms with Crippen molar-refractivity contribution in [3.63, 3.8) is 0 Å². The smallest absolute Gasteiger partial charge is 0.348 e. The summed E-state index contributed by atoms with van der Waals surface area (Å²) in [7, 11) is 0. The molecule has 1 atom stereocenters. The summed E-state index contributed by atoms with van der Waals surface area (Å²) in [5, 5.41) is 3.19. The number of nitrogens with one attached hydrogen (secondary N) is 1. The van der Waals surface area contributed by atoms with Crippen LogP contribution >= 0.6 is 0 Å². The number of hydrogen-bond donors (Lipinski definition) is 1. The Hall–Kier alpha value is -3.33. The molecule has 3 rings (SSSR count).